The average Bonchev–Trinajstić information content (AvgIpc) is 2.69. The number of rotatable bonds is 5. The largest absolute Gasteiger partial charge is 0.352 e. The third-order valence-electron chi connectivity index (χ3n) is 3.61. The highest BCUT2D eigenvalue weighted by Crippen LogP contribution is 2.17. The van der Waals surface area contributed by atoms with Crippen molar-refractivity contribution in [2.24, 2.45) is 5.92 Å². The molecule has 2 atom stereocenters. The van der Waals surface area contributed by atoms with Crippen LogP contribution in [0.2, 0.25) is 0 Å². The molecule has 2 N–H and O–H groups in total. The van der Waals surface area contributed by atoms with Crippen molar-refractivity contribution >= 4 is 5.91 Å². The van der Waals surface area contributed by atoms with Gasteiger partial charge in [0.05, 0.1) is 6.04 Å². The summed E-state index contributed by atoms with van der Waals surface area (Å²) < 4.78 is 0. The summed E-state index contributed by atoms with van der Waals surface area (Å²) in [6.07, 6.45) is 4.82. The molecule has 0 saturated heterocycles. The molecule has 0 bridgehead atoms. The molecule has 1 aliphatic rings. The molecule has 0 aromatic carbocycles. The molecule has 0 aromatic heterocycles. The van der Waals surface area contributed by atoms with Gasteiger partial charge in [0.2, 0.25) is 5.91 Å². The van der Waals surface area contributed by atoms with Gasteiger partial charge in [-0.3, -0.25) is 4.79 Å². The standard InChI is InChI=1S/C13H26N2O/c1-9(2)10(3)14-11(4)13(16)15-12-7-5-6-8-12/h9-12,14H,5-8H2,1-4H3,(H,15,16). The Morgan fingerprint density at radius 2 is 1.69 bits per heavy atom. The molecule has 94 valence electrons. The summed E-state index contributed by atoms with van der Waals surface area (Å²) in [4.78, 5) is 11.9. The lowest BCUT2D eigenvalue weighted by Gasteiger charge is -2.23. The van der Waals surface area contributed by atoms with Gasteiger partial charge < -0.3 is 10.6 Å². The van der Waals surface area contributed by atoms with Gasteiger partial charge in [-0.2, -0.15) is 0 Å². The number of carbonyl (C=O) groups is 1. The summed E-state index contributed by atoms with van der Waals surface area (Å²) in [6, 6.07) is 0.716. The molecule has 0 spiro atoms. The zero-order valence-corrected chi connectivity index (χ0v) is 11.0. The van der Waals surface area contributed by atoms with E-state index >= 15 is 0 Å². The Morgan fingerprint density at radius 3 is 2.19 bits per heavy atom. The van der Waals surface area contributed by atoms with Crippen LogP contribution in [0.15, 0.2) is 0 Å². The fraction of sp³-hybridized carbons (Fsp3) is 0.923. The van der Waals surface area contributed by atoms with Crippen molar-refractivity contribution in [3.63, 3.8) is 0 Å². The van der Waals surface area contributed by atoms with Gasteiger partial charge in [0.1, 0.15) is 0 Å². The van der Waals surface area contributed by atoms with E-state index in [4.69, 9.17) is 0 Å². The number of carbonyl (C=O) groups excluding carboxylic acids is 1. The summed E-state index contributed by atoms with van der Waals surface area (Å²) in [5.74, 6) is 0.709. The molecule has 3 heteroatoms. The summed E-state index contributed by atoms with van der Waals surface area (Å²) in [6.45, 7) is 8.41. The second-order valence-electron chi connectivity index (χ2n) is 5.41. The molecule has 0 aromatic rings. The monoisotopic (exact) mass is 226 g/mol. The molecular formula is C13H26N2O. The van der Waals surface area contributed by atoms with Crippen LogP contribution in [0, 0.1) is 5.92 Å². The normalized spacial score (nSPS) is 21.1. The Morgan fingerprint density at radius 1 is 1.12 bits per heavy atom. The number of amides is 1. The Balaban J connectivity index is 2.29. The van der Waals surface area contributed by atoms with E-state index < -0.39 is 0 Å². The van der Waals surface area contributed by atoms with Crippen molar-refractivity contribution in [3.8, 4) is 0 Å². The van der Waals surface area contributed by atoms with Gasteiger partial charge in [-0.15, -0.1) is 0 Å². The molecule has 3 nitrogen and oxygen atoms in total. The molecule has 1 saturated carbocycles. The highest BCUT2D eigenvalue weighted by Gasteiger charge is 2.21. The molecule has 1 aliphatic carbocycles. The molecule has 0 radical (unpaired) electrons. The van der Waals surface area contributed by atoms with Crippen LogP contribution in [-0.2, 0) is 4.79 Å². The maximum Gasteiger partial charge on any atom is 0.237 e. The second-order valence-corrected chi connectivity index (χ2v) is 5.41. The van der Waals surface area contributed by atoms with Crippen molar-refractivity contribution in [1.29, 1.82) is 0 Å². The second kappa shape index (κ2) is 6.24. The number of hydrogen-bond acceptors (Lipinski definition) is 2. The first kappa shape index (κ1) is 13.5. The Kier molecular flexibility index (Phi) is 5.26. The van der Waals surface area contributed by atoms with Crippen molar-refractivity contribution < 1.29 is 4.79 Å². The first-order valence-corrected chi connectivity index (χ1v) is 6.57. The Bertz CT molecular complexity index is 222. The van der Waals surface area contributed by atoms with Crippen LogP contribution in [-0.4, -0.2) is 24.0 Å². The van der Waals surface area contributed by atoms with Crippen molar-refractivity contribution in [1.82, 2.24) is 10.6 Å². The Hall–Kier alpha value is -0.570. The van der Waals surface area contributed by atoms with Crippen LogP contribution < -0.4 is 10.6 Å². The number of nitrogens with one attached hydrogen (secondary N) is 2. The molecule has 2 unspecified atom stereocenters. The van der Waals surface area contributed by atoms with Crippen LogP contribution in [0.4, 0.5) is 0 Å². The van der Waals surface area contributed by atoms with Crippen LogP contribution in [0.25, 0.3) is 0 Å². The Labute approximate surface area is 99.4 Å². The smallest absolute Gasteiger partial charge is 0.237 e. The summed E-state index contributed by atoms with van der Waals surface area (Å²) >= 11 is 0. The maximum atomic E-state index is 11.9. The first-order chi connectivity index (χ1) is 7.50. The highest BCUT2D eigenvalue weighted by molar-refractivity contribution is 5.81. The number of hydrogen-bond donors (Lipinski definition) is 2. The third kappa shape index (κ3) is 4.12. The van der Waals surface area contributed by atoms with E-state index in [-0.39, 0.29) is 11.9 Å². The van der Waals surface area contributed by atoms with E-state index in [1.165, 1.54) is 12.8 Å². The third-order valence-corrected chi connectivity index (χ3v) is 3.61. The van der Waals surface area contributed by atoms with Gasteiger partial charge in [0, 0.05) is 12.1 Å². The van der Waals surface area contributed by atoms with Gasteiger partial charge in [-0.05, 0) is 32.6 Å². The highest BCUT2D eigenvalue weighted by atomic mass is 16.2. The summed E-state index contributed by atoms with van der Waals surface area (Å²) in [7, 11) is 0. The minimum Gasteiger partial charge on any atom is -0.352 e. The van der Waals surface area contributed by atoms with Crippen LogP contribution in [0.3, 0.4) is 0 Å². The zero-order chi connectivity index (χ0) is 12.1. The zero-order valence-electron chi connectivity index (χ0n) is 11.0. The van der Waals surface area contributed by atoms with Crippen molar-refractivity contribution in [3.05, 3.63) is 0 Å². The predicted octanol–water partition coefficient (Wildman–Crippen LogP) is 2.07. The molecule has 0 aliphatic heterocycles. The molecule has 1 rings (SSSR count). The van der Waals surface area contributed by atoms with Crippen molar-refractivity contribution in [2.45, 2.75) is 71.5 Å². The van der Waals surface area contributed by atoms with E-state index in [9.17, 15) is 4.79 Å². The van der Waals surface area contributed by atoms with Crippen LogP contribution in [0.5, 0.6) is 0 Å². The van der Waals surface area contributed by atoms with E-state index in [1.54, 1.807) is 0 Å². The molecular weight excluding hydrogens is 200 g/mol. The van der Waals surface area contributed by atoms with Crippen LogP contribution >= 0.6 is 0 Å². The van der Waals surface area contributed by atoms with Gasteiger partial charge in [-0.1, -0.05) is 26.7 Å². The molecule has 16 heavy (non-hydrogen) atoms. The maximum absolute atomic E-state index is 11.9. The lowest BCUT2D eigenvalue weighted by molar-refractivity contribution is -0.123. The van der Waals surface area contributed by atoms with Crippen LogP contribution in [0.1, 0.15) is 53.4 Å². The van der Waals surface area contributed by atoms with Gasteiger partial charge in [0.25, 0.3) is 0 Å². The lowest BCUT2D eigenvalue weighted by atomic mass is 10.1. The molecule has 0 heterocycles. The van der Waals surface area contributed by atoms with E-state index in [1.807, 2.05) is 6.92 Å². The minimum absolute atomic E-state index is 0.0852. The quantitative estimate of drug-likeness (QED) is 0.753. The first-order valence-electron chi connectivity index (χ1n) is 6.57. The fourth-order valence-electron chi connectivity index (χ4n) is 2.06. The average molecular weight is 226 g/mol. The topological polar surface area (TPSA) is 41.1 Å². The van der Waals surface area contributed by atoms with E-state index in [2.05, 4.69) is 31.4 Å². The fourth-order valence-corrected chi connectivity index (χ4v) is 2.06. The summed E-state index contributed by atoms with van der Waals surface area (Å²) in [5, 5.41) is 6.46. The molecule has 1 fully saturated rings. The van der Waals surface area contributed by atoms with Crippen molar-refractivity contribution in [2.75, 3.05) is 0 Å². The van der Waals surface area contributed by atoms with Gasteiger partial charge >= 0.3 is 0 Å². The van der Waals surface area contributed by atoms with E-state index in [0.717, 1.165) is 12.8 Å². The SMILES string of the molecule is CC(NC(C)C(C)C)C(=O)NC1CCCC1. The molecule has 1 amide bonds. The lowest BCUT2D eigenvalue weighted by Crippen LogP contribution is -2.49. The predicted molar refractivity (Wildman–Crippen MR) is 67.3 cm³/mol. The van der Waals surface area contributed by atoms with Gasteiger partial charge in [0.15, 0.2) is 0 Å². The summed E-state index contributed by atoms with van der Waals surface area (Å²) in [5.41, 5.74) is 0. The minimum atomic E-state index is -0.0852. The van der Waals surface area contributed by atoms with E-state index in [0.29, 0.717) is 18.0 Å². The van der Waals surface area contributed by atoms with Gasteiger partial charge in [-0.25, -0.2) is 0 Å².